The van der Waals surface area contributed by atoms with E-state index in [4.69, 9.17) is 17.3 Å². The van der Waals surface area contributed by atoms with Crippen molar-refractivity contribution in [3.8, 4) is 0 Å². The van der Waals surface area contributed by atoms with Crippen molar-refractivity contribution >= 4 is 51.0 Å². The Bertz CT molecular complexity index is 556. The number of halogens is 2. The molecule has 0 aliphatic carbocycles. The maximum absolute atomic E-state index is 11.0. The van der Waals surface area contributed by atoms with Crippen LogP contribution >= 0.6 is 34.2 Å². The van der Waals surface area contributed by atoms with Gasteiger partial charge in [0.1, 0.15) is 0 Å². The number of carbonyl (C=O) groups is 1. The van der Waals surface area contributed by atoms with E-state index < -0.39 is 5.91 Å². The number of carbonyl (C=O) groups excluding carboxylic acids is 1. The van der Waals surface area contributed by atoms with Crippen LogP contribution < -0.4 is 5.73 Å². The van der Waals surface area contributed by atoms with E-state index in [1.807, 2.05) is 18.2 Å². The molecule has 2 rings (SSSR count). The minimum atomic E-state index is -0.562. The molecule has 3 nitrogen and oxygen atoms in total. The van der Waals surface area contributed by atoms with Crippen molar-refractivity contribution in [1.82, 2.24) is 4.98 Å². The first-order valence-corrected chi connectivity index (χ1v) is 5.59. The second kappa shape index (κ2) is 3.94. The molecular formula is C10H6ClIN2O. The average Bonchev–Trinajstić information content (AvgIpc) is 2.19. The van der Waals surface area contributed by atoms with Crippen LogP contribution in [0.3, 0.4) is 0 Å². The molecule has 0 radical (unpaired) electrons. The molecular weight excluding hydrogens is 326 g/mol. The van der Waals surface area contributed by atoms with Gasteiger partial charge in [0.05, 0.1) is 16.1 Å². The van der Waals surface area contributed by atoms with Crippen LogP contribution in [0.4, 0.5) is 0 Å². The first-order valence-electron chi connectivity index (χ1n) is 4.13. The van der Waals surface area contributed by atoms with E-state index in [1.165, 1.54) is 6.20 Å². The van der Waals surface area contributed by atoms with E-state index >= 15 is 0 Å². The summed E-state index contributed by atoms with van der Waals surface area (Å²) in [6.07, 6.45) is 1.40. The first-order chi connectivity index (χ1) is 7.09. The molecule has 76 valence electrons. The fourth-order valence-corrected chi connectivity index (χ4v) is 2.09. The van der Waals surface area contributed by atoms with Crippen LogP contribution in [0.25, 0.3) is 10.9 Å². The second-order valence-corrected chi connectivity index (χ2v) is 4.64. The Kier molecular flexibility index (Phi) is 2.79. The summed E-state index contributed by atoms with van der Waals surface area (Å²) in [5.41, 5.74) is 6.19. The van der Waals surface area contributed by atoms with E-state index in [2.05, 4.69) is 27.6 Å². The number of rotatable bonds is 1. The number of amides is 1. The van der Waals surface area contributed by atoms with E-state index in [0.717, 1.165) is 14.5 Å². The zero-order valence-corrected chi connectivity index (χ0v) is 10.4. The molecule has 0 bridgehead atoms. The number of hydrogen-bond donors (Lipinski definition) is 1. The fourth-order valence-electron chi connectivity index (χ4n) is 1.30. The Morgan fingerprint density at radius 1 is 1.47 bits per heavy atom. The third-order valence-corrected chi connectivity index (χ3v) is 3.11. The second-order valence-electron chi connectivity index (χ2n) is 3.01. The molecule has 0 saturated carbocycles. The smallest absolute Gasteiger partial charge is 0.251 e. The number of aromatic nitrogens is 1. The van der Waals surface area contributed by atoms with Crippen LogP contribution in [0.5, 0.6) is 0 Å². The molecule has 0 saturated heterocycles. The lowest BCUT2D eigenvalue weighted by Crippen LogP contribution is -2.12. The quantitative estimate of drug-likeness (QED) is 0.816. The van der Waals surface area contributed by atoms with Gasteiger partial charge in [0.25, 0.3) is 5.91 Å². The third kappa shape index (κ3) is 1.91. The Balaban J connectivity index is 2.82. The Hall–Kier alpha value is -0.880. The summed E-state index contributed by atoms with van der Waals surface area (Å²) >= 11 is 8.24. The van der Waals surface area contributed by atoms with E-state index in [0.29, 0.717) is 5.02 Å². The molecule has 2 aromatic rings. The number of nitrogens with zero attached hydrogens (tertiary/aromatic N) is 1. The van der Waals surface area contributed by atoms with E-state index in [-0.39, 0.29) is 5.56 Å². The van der Waals surface area contributed by atoms with Crippen molar-refractivity contribution in [3.05, 3.63) is 38.6 Å². The molecule has 2 N–H and O–H groups in total. The minimum Gasteiger partial charge on any atom is -0.366 e. The molecule has 0 fully saturated rings. The molecule has 0 aliphatic heterocycles. The highest BCUT2D eigenvalue weighted by Gasteiger charge is 2.10. The van der Waals surface area contributed by atoms with Crippen molar-refractivity contribution in [1.29, 1.82) is 0 Å². The summed E-state index contributed by atoms with van der Waals surface area (Å²) < 4.78 is 1.03. The topological polar surface area (TPSA) is 56.0 Å². The molecule has 1 heterocycles. The summed E-state index contributed by atoms with van der Waals surface area (Å²) in [5, 5.41) is 1.12. The van der Waals surface area contributed by atoms with Crippen molar-refractivity contribution in [3.63, 3.8) is 0 Å². The highest BCUT2D eigenvalue weighted by atomic mass is 127. The zero-order valence-electron chi connectivity index (χ0n) is 7.50. The molecule has 1 aromatic heterocycles. The summed E-state index contributed by atoms with van der Waals surface area (Å²) in [4.78, 5) is 15.2. The molecule has 0 unspecified atom stereocenters. The summed E-state index contributed by atoms with van der Waals surface area (Å²) in [6.45, 7) is 0. The summed E-state index contributed by atoms with van der Waals surface area (Å²) in [5.74, 6) is -0.562. The third-order valence-electron chi connectivity index (χ3n) is 2.03. The van der Waals surface area contributed by atoms with Crippen molar-refractivity contribution in [2.75, 3.05) is 0 Å². The van der Waals surface area contributed by atoms with Gasteiger partial charge in [0.2, 0.25) is 0 Å². The van der Waals surface area contributed by atoms with Gasteiger partial charge >= 0.3 is 0 Å². The first kappa shape index (κ1) is 10.6. The number of nitrogens with two attached hydrogens (primary N) is 1. The van der Waals surface area contributed by atoms with E-state index in [1.54, 1.807) is 0 Å². The predicted molar refractivity (Wildman–Crippen MR) is 68.0 cm³/mol. The number of fused-ring (bicyclic) bond motifs is 1. The highest BCUT2D eigenvalue weighted by Crippen LogP contribution is 2.26. The monoisotopic (exact) mass is 332 g/mol. The lowest BCUT2D eigenvalue weighted by atomic mass is 10.1. The minimum absolute atomic E-state index is 0.256. The van der Waals surface area contributed by atoms with Crippen molar-refractivity contribution in [2.45, 2.75) is 0 Å². The maximum atomic E-state index is 11.0. The molecule has 1 amide bonds. The van der Waals surface area contributed by atoms with Crippen LogP contribution in [0.15, 0.2) is 24.4 Å². The Labute approximate surface area is 105 Å². The molecule has 5 heteroatoms. The van der Waals surface area contributed by atoms with Gasteiger partial charge in [0.15, 0.2) is 0 Å². The standard InChI is InChI=1S/C10H6ClIN2O/c11-9-6-3-5(12)1-2-8(6)14-4-7(9)10(13)15/h1-4H,(H2,13,15). The average molecular weight is 333 g/mol. The number of pyridine rings is 1. The van der Waals surface area contributed by atoms with Gasteiger partial charge in [-0.2, -0.15) is 0 Å². The molecule has 0 atom stereocenters. The highest BCUT2D eigenvalue weighted by molar-refractivity contribution is 14.1. The van der Waals surface area contributed by atoms with Crippen LogP contribution in [-0.4, -0.2) is 10.9 Å². The molecule has 0 spiro atoms. The zero-order chi connectivity index (χ0) is 11.0. The van der Waals surface area contributed by atoms with Gasteiger partial charge in [-0.1, -0.05) is 11.6 Å². The van der Waals surface area contributed by atoms with E-state index in [9.17, 15) is 4.79 Å². The Morgan fingerprint density at radius 2 is 2.20 bits per heavy atom. The molecule has 0 aliphatic rings. The summed E-state index contributed by atoms with van der Waals surface area (Å²) in [7, 11) is 0. The van der Waals surface area contributed by atoms with Crippen LogP contribution in [0.2, 0.25) is 5.02 Å². The summed E-state index contributed by atoms with van der Waals surface area (Å²) in [6, 6.07) is 5.65. The SMILES string of the molecule is NC(=O)c1cnc2ccc(I)cc2c1Cl. The van der Waals surface area contributed by atoms with Crippen LogP contribution in [0, 0.1) is 3.57 Å². The van der Waals surface area contributed by atoms with Gasteiger partial charge in [-0.3, -0.25) is 9.78 Å². The van der Waals surface area contributed by atoms with Crippen LogP contribution in [0.1, 0.15) is 10.4 Å². The number of benzene rings is 1. The van der Waals surface area contributed by atoms with Gasteiger partial charge in [0, 0.05) is 15.2 Å². The van der Waals surface area contributed by atoms with Crippen molar-refractivity contribution in [2.24, 2.45) is 5.73 Å². The number of primary amides is 1. The largest absolute Gasteiger partial charge is 0.366 e. The lowest BCUT2D eigenvalue weighted by molar-refractivity contribution is 0.100. The van der Waals surface area contributed by atoms with Gasteiger partial charge in [-0.05, 0) is 40.8 Å². The lowest BCUT2D eigenvalue weighted by Gasteiger charge is -2.04. The normalized spacial score (nSPS) is 10.5. The molecule has 15 heavy (non-hydrogen) atoms. The Morgan fingerprint density at radius 3 is 2.87 bits per heavy atom. The maximum Gasteiger partial charge on any atom is 0.251 e. The van der Waals surface area contributed by atoms with Crippen LogP contribution in [-0.2, 0) is 0 Å². The van der Waals surface area contributed by atoms with Gasteiger partial charge in [-0.15, -0.1) is 0 Å². The van der Waals surface area contributed by atoms with Gasteiger partial charge in [-0.25, -0.2) is 0 Å². The number of hydrogen-bond acceptors (Lipinski definition) is 2. The molecule has 1 aromatic carbocycles. The van der Waals surface area contributed by atoms with Crippen molar-refractivity contribution < 1.29 is 4.79 Å². The fraction of sp³-hybridized carbons (Fsp3) is 0. The van der Waals surface area contributed by atoms with Gasteiger partial charge < -0.3 is 5.73 Å². The predicted octanol–water partition coefficient (Wildman–Crippen LogP) is 2.59.